The van der Waals surface area contributed by atoms with E-state index >= 15 is 0 Å². The number of amides is 1. The summed E-state index contributed by atoms with van der Waals surface area (Å²) in [5.74, 6) is 1.56. The van der Waals surface area contributed by atoms with E-state index in [1.165, 1.54) is 0 Å². The minimum Gasteiger partial charge on any atom is -0.455 e. The maximum Gasteiger partial charge on any atom is 0.289 e. The number of rotatable bonds is 7. The van der Waals surface area contributed by atoms with Crippen molar-refractivity contribution >= 4 is 5.91 Å². The fourth-order valence-corrected chi connectivity index (χ4v) is 1.97. The van der Waals surface area contributed by atoms with Gasteiger partial charge in [-0.25, -0.2) is 0 Å². The molecule has 0 spiro atoms. The van der Waals surface area contributed by atoms with Crippen LogP contribution in [0.5, 0.6) is 0 Å². The Hall–Kier alpha value is -1.29. The molecule has 1 heterocycles. The second kappa shape index (κ2) is 7.21. The van der Waals surface area contributed by atoms with Crippen LogP contribution >= 0.6 is 0 Å². The van der Waals surface area contributed by atoms with Crippen LogP contribution in [0.2, 0.25) is 0 Å². The summed E-state index contributed by atoms with van der Waals surface area (Å²) in [6.07, 6.45) is 2.18. The summed E-state index contributed by atoms with van der Waals surface area (Å²) in [6.45, 7) is 8.13. The first kappa shape index (κ1) is 14.8. The van der Waals surface area contributed by atoms with Gasteiger partial charge in [0.2, 0.25) is 0 Å². The van der Waals surface area contributed by atoms with Gasteiger partial charge in [0.1, 0.15) is 5.76 Å². The average Bonchev–Trinajstić information content (AvgIpc) is 2.88. The lowest BCUT2D eigenvalue weighted by Gasteiger charge is -2.24. The van der Waals surface area contributed by atoms with Crippen LogP contribution in [-0.2, 0) is 6.54 Å². The van der Waals surface area contributed by atoms with Crippen LogP contribution in [0.25, 0.3) is 0 Å². The number of nitrogens with two attached hydrogens (primary N) is 1. The van der Waals surface area contributed by atoms with Crippen molar-refractivity contribution in [3.8, 4) is 0 Å². The van der Waals surface area contributed by atoms with Gasteiger partial charge in [0.25, 0.3) is 5.91 Å². The number of hydrogen-bond acceptors (Lipinski definition) is 3. The molecule has 1 aromatic heterocycles. The van der Waals surface area contributed by atoms with Gasteiger partial charge in [-0.15, -0.1) is 0 Å². The molecule has 0 saturated heterocycles. The van der Waals surface area contributed by atoms with E-state index in [9.17, 15) is 4.79 Å². The Bertz CT molecular complexity index is 370. The van der Waals surface area contributed by atoms with Crippen molar-refractivity contribution in [2.24, 2.45) is 11.7 Å². The fourth-order valence-electron chi connectivity index (χ4n) is 1.97. The molecule has 0 atom stereocenters. The molecule has 0 aromatic carbocycles. The molecular weight excluding hydrogens is 228 g/mol. The van der Waals surface area contributed by atoms with Crippen LogP contribution in [0.1, 0.15) is 49.9 Å². The van der Waals surface area contributed by atoms with Gasteiger partial charge in [-0.2, -0.15) is 0 Å². The Morgan fingerprint density at radius 2 is 2.00 bits per heavy atom. The third-order valence-electron chi connectivity index (χ3n) is 3.38. The molecule has 1 amide bonds. The van der Waals surface area contributed by atoms with E-state index in [0.29, 0.717) is 30.5 Å². The average molecular weight is 252 g/mol. The van der Waals surface area contributed by atoms with E-state index in [1.807, 2.05) is 11.8 Å². The van der Waals surface area contributed by atoms with Gasteiger partial charge in [-0.3, -0.25) is 4.79 Å². The van der Waals surface area contributed by atoms with Gasteiger partial charge < -0.3 is 15.1 Å². The zero-order valence-corrected chi connectivity index (χ0v) is 11.6. The zero-order chi connectivity index (χ0) is 13.5. The van der Waals surface area contributed by atoms with Gasteiger partial charge >= 0.3 is 0 Å². The highest BCUT2D eigenvalue weighted by Crippen LogP contribution is 2.14. The predicted molar refractivity (Wildman–Crippen MR) is 72.2 cm³/mol. The largest absolute Gasteiger partial charge is 0.455 e. The lowest BCUT2D eigenvalue weighted by atomic mass is 10.0. The Balaban J connectivity index is 2.72. The summed E-state index contributed by atoms with van der Waals surface area (Å²) in [5.41, 5.74) is 5.48. The highest BCUT2D eigenvalue weighted by atomic mass is 16.4. The molecule has 0 aliphatic carbocycles. The monoisotopic (exact) mass is 252 g/mol. The summed E-state index contributed by atoms with van der Waals surface area (Å²) in [7, 11) is 0. The Morgan fingerprint density at radius 1 is 1.33 bits per heavy atom. The van der Waals surface area contributed by atoms with Gasteiger partial charge in [-0.1, -0.05) is 26.7 Å². The van der Waals surface area contributed by atoms with Crippen LogP contribution in [0.4, 0.5) is 0 Å². The van der Waals surface area contributed by atoms with Gasteiger partial charge in [0, 0.05) is 13.1 Å². The van der Waals surface area contributed by atoms with Crippen molar-refractivity contribution in [1.82, 2.24) is 4.90 Å². The smallest absolute Gasteiger partial charge is 0.289 e. The molecular formula is C14H24N2O2. The van der Waals surface area contributed by atoms with E-state index in [0.717, 1.165) is 19.4 Å². The van der Waals surface area contributed by atoms with Crippen molar-refractivity contribution in [2.75, 3.05) is 13.1 Å². The molecule has 0 bridgehead atoms. The minimum absolute atomic E-state index is 0.0379. The molecule has 0 aliphatic heterocycles. The molecule has 2 N–H and O–H groups in total. The summed E-state index contributed by atoms with van der Waals surface area (Å²) >= 11 is 0. The van der Waals surface area contributed by atoms with Crippen molar-refractivity contribution in [2.45, 2.75) is 40.2 Å². The number of nitrogens with zero attached hydrogens (tertiary/aromatic N) is 1. The first-order valence-corrected chi connectivity index (χ1v) is 6.74. The normalized spacial score (nSPS) is 10.9. The molecule has 1 aromatic rings. The molecule has 1 rings (SSSR count). The quantitative estimate of drug-likeness (QED) is 0.811. The SMILES string of the molecule is CCC(CC)CN(CC)C(=O)c1ccc(CN)o1. The van der Waals surface area contributed by atoms with Crippen LogP contribution in [0, 0.1) is 5.92 Å². The highest BCUT2D eigenvalue weighted by Gasteiger charge is 2.20. The van der Waals surface area contributed by atoms with Crippen molar-refractivity contribution < 1.29 is 9.21 Å². The van der Waals surface area contributed by atoms with Crippen molar-refractivity contribution in [1.29, 1.82) is 0 Å². The second-order valence-electron chi connectivity index (χ2n) is 4.50. The maximum atomic E-state index is 12.3. The molecule has 0 radical (unpaired) electrons. The summed E-state index contributed by atoms with van der Waals surface area (Å²) in [5, 5.41) is 0. The highest BCUT2D eigenvalue weighted by molar-refractivity contribution is 5.91. The third-order valence-corrected chi connectivity index (χ3v) is 3.38. The van der Waals surface area contributed by atoms with E-state index in [-0.39, 0.29) is 5.91 Å². The molecule has 4 nitrogen and oxygen atoms in total. The Morgan fingerprint density at radius 3 is 2.44 bits per heavy atom. The number of carbonyl (C=O) groups excluding carboxylic acids is 1. The van der Waals surface area contributed by atoms with Gasteiger partial charge in [0.15, 0.2) is 5.76 Å². The Kier molecular flexibility index (Phi) is 5.92. The van der Waals surface area contributed by atoms with E-state index in [4.69, 9.17) is 10.2 Å². The van der Waals surface area contributed by atoms with Crippen LogP contribution in [-0.4, -0.2) is 23.9 Å². The number of furan rings is 1. The van der Waals surface area contributed by atoms with Crippen molar-refractivity contribution in [3.05, 3.63) is 23.7 Å². The molecule has 0 unspecified atom stereocenters. The van der Waals surface area contributed by atoms with E-state index < -0.39 is 0 Å². The number of carbonyl (C=O) groups is 1. The summed E-state index contributed by atoms with van der Waals surface area (Å²) < 4.78 is 5.41. The first-order valence-electron chi connectivity index (χ1n) is 6.74. The van der Waals surface area contributed by atoms with Gasteiger partial charge in [-0.05, 0) is 25.0 Å². The topological polar surface area (TPSA) is 59.5 Å². The first-order chi connectivity index (χ1) is 8.65. The Labute approximate surface area is 109 Å². The molecule has 0 fully saturated rings. The summed E-state index contributed by atoms with van der Waals surface area (Å²) in [4.78, 5) is 14.1. The lowest BCUT2D eigenvalue weighted by Crippen LogP contribution is -2.34. The van der Waals surface area contributed by atoms with Crippen molar-refractivity contribution in [3.63, 3.8) is 0 Å². The summed E-state index contributed by atoms with van der Waals surface area (Å²) in [6, 6.07) is 3.47. The van der Waals surface area contributed by atoms with Gasteiger partial charge in [0.05, 0.1) is 6.54 Å². The van der Waals surface area contributed by atoms with Crippen LogP contribution in [0.3, 0.4) is 0 Å². The molecule has 4 heteroatoms. The zero-order valence-electron chi connectivity index (χ0n) is 11.6. The standard InChI is InChI=1S/C14H24N2O2/c1-4-11(5-2)10-16(6-3)14(17)13-8-7-12(9-15)18-13/h7-8,11H,4-6,9-10,15H2,1-3H3. The maximum absolute atomic E-state index is 12.3. The van der Waals surface area contributed by atoms with E-state index in [1.54, 1.807) is 12.1 Å². The molecule has 18 heavy (non-hydrogen) atoms. The minimum atomic E-state index is -0.0379. The fraction of sp³-hybridized carbons (Fsp3) is 0.643. The lowest BCUT2D eigenvalue weighted by molar-refractivity contribution is 0.0701. The van der Waals surface area contributed by atoms with Crippen LogP contribution < -0.4 is 5.73 Å². The molecule has 0 saturated carbocycles. The predicted octanol–water partition coefficient (Wildman–Crippen LogP) is 2.64. The number of hydrogen-bond donors (Lipinski definition) is 1. The second-order valence-corrected chi connectivity index (χ2v) is 4.50. The third kappa shape index (κ3) is 3.60. The molecule has 102 valence electrons. The van der Waals surface area contributed by atoms with E-state index in [2.05, 4.69) is 13.8 Å². The van der Waals surface area contributed by atoms with Crippen LogP contribution in [0.15, 0.2) is 16.5 Å². The molecule has 0 aliphatic rings.